The van der Waals surface area contributed by atoms with Crippen LogP contribution < -0.4 is 10.1 Å². The zero-order valence-electron chi connectivity index (χ0n) is 14.4. The van der Waals surface area contributed by atoms with Crippen molar-refractivity contribution in [3.05, 3.63) is 59.1 Å². The van der Waals surface area contributed by atoms with Crippen molar-refractivity contribution in [3.63, 3.8) is 0 Å². The minimum Gasteiger partial charge on any atom is -0.497 e. The third-order valence-electron chi connectivity index (χ3n) is 3.40. The molecular formula is C19H20ClNO4S. The van der Waals surface area contributed by atoms with Crippen LogP contribution in [0.5, 0.6) is 5.75 Å². The number of rotatable bonds is 9. The molecule has 2 rings (SSSR count). The van der Waals surface area contributed by atoms with Crippen molar-refractivity contribution in [2.24, 2.45) is 0 Å². The summed E-state index contributed by atoms with van der Waals surface area (Å²) in [6.07, 6.45) is 0.235. The molecule has 2 aromatic carbocycles. The lowest BCUT2D eigenvalue weighted by molar-refractivity contribution is -0.148. The van der Waals surface area contributed by atoms with Gasteiger partial charge < -0.3 is 14.8 Å². The van der Waals surface area contributed by atoms with Crippen LogP contribution in [-0.2, 0) is 20.9 Å². The number of hydrogen-bond acceptors (Lipinski definition) is 5. The first-order valence-corrected chi connectivity index (χ1v) is 9.37. The number of carbonyl (C=O) groups excluding carboxylic acids is 2. The first-order valence-electron chi connectivity index (χ1n) is 8.00. The van der Waals surface area contributed by atoms with E-state index in [1.807, 2.05) is 36.4 Å². The average Bonchev–Trinajstić information content (AvgIpc) is 2.66. The van der Waals surface area contributed by atoms with E-state index in [9.17, 15) is 9.59 Å². The van der Waals surface area contributed by atoms with Gasteiger partial charge in [-0.25, -0.2) is 0 Å². The number of nitrogens with one attached hydrogen (secondary N) is 1. The summed E-state index contributed by atoms with van der Waals surface area (Å²) >= 11 is 7.35. The molecule has 0 unspecified atom stereocenters. The smallest absolute Gasteiger partial charge is 0.307 e. The Balaban J connectivity index is 1.60. The molecule has 5 nitrogen and oxygen atoms in total. The molecule has 0 heterocycles. The van der Waals surface area contributed by atoms with Gasteiger partial charge in [0.05, 0.1) is 13.5 Å². The Labute approximate surface area is 162 Å². The van der Waals surface area contributed by atoms with Crippen LogP contribution in [0.3, 0.4) is 0 Å². The van der Waals surface area contributed by atoms with Crippen LogP contribution >= 0.6 is 23.4 Å². The zero-order valence-corrected chi connectivity index (χ0v) is 15.9. The molecule has 2 aromatic rings. The van der Waals surface area contributed by atoms with Crippen LogP contribution in [0.2, 0.25) is 5.02 Å². The highest BCUT2D eigenvalue weighted by Crippen LogP contribution is 2.21. The third kappa shape index (κ3) is 7.37. The highest BCUT2D eigenvalue weighted by molar-refractivity contribution is 7.99. The van der Waals surface area contributed by atoms with Crippen molar-refractivity contribution in [3.8, 4) is 5.75 Å². The van der Waals surface area contributed by atoms with Crippen LogP contribution in [0.4, 0.5) is 0 Å². The zero-order chi connectivity index (χ0) is 18.8. The van der Waals surface area contributed by atoms with Gasteiger partial charge in [-0.1, -0.05) is 23.7 Å². The van der Waals surface area contributed by atoms with Gasteiger partial charge in [0.1, 0.15) is 5.75 Å². The van der Waals surface area contributed by atoms with Crippen LogP contribution in [0, 0.1) is 0 Å². The molecule has 1 N–H and O–H groups in total. The quantitative estimate of drug-likeness (QED) is 0.520. The van der Waals surface area contributed by atoms with E-state index in [0.29, 0.717) is 17.3 Å². The Morgan fingerprint density at radius 1 is 1.08 bits per heavy atom. The minimum atomic E-state index is -0.397. The molecule has 0 atom stereocenters. The minimum absolute atomic E-state index is 0.235. The van der Waals surface area contributed by atoms with Crippen molar-refractivity contribution in [1.29, 1.82) is 0 Å². The third-order valence-corrected chi connectivity index (χ3v) is 4.67. The number of ether oxygens (including phenoxy) is 2. The lowest BCUT2D eigenvalue weighted by Crippen LogP contribution is -2.28. The van der Waals surface area contributed by atoms with Gasteiger partial charge in [0.2, 0.25) is 0 Å². The van der Waals surface area contributed by atoms with Crippen LogP contribution in [0.15, 0.2) is 53.4 Å². The Hall–Kier alpha value is -2.18. The summed E-state index contributed by atoms with van der Waals surface area (Å²) in [5.74, 6) is 0.601. The maximum atomic E-state index is 11.7. The monoisotopic (exact) mass is 393 g/mol. The summed E-state index contributed by atoms with van der Waals surface area (Å²) in [5.41, 5.74) is 0.935. The van der Waals surface area contributed by atoms with Gasteiger partial charge in [0.25, 0.3) is 5.91 Å². The number of esters is 1. The largest absolute Gasteiger partial charge is 0.497 e. The Morgan fingerprint density at radius 2 is 1.77 bits per heavy atom. The lowest BCUT2D eigenvalue weighted by atomic mass is 10.2. The fraction of sp³-hybridized carbons (Fsp3) is 0.263. The molecule has 0 aliphatic heterocycles. The SMILES string of the molecule is COc1ccc(CNC(=O)COC(=O)CCSc2ccc(Cl)cc2)cc1. The van der Waals surface area contributed by atoms with Crippen LogP contribution in [0.25, 0.3) is 0 Å². The van der Waals surface area contributed by atoms with Gasteiger partial charge in [-0.05, 0) is 42.0 Å². The number of hydrogen-bond donors (Lipinski definition) is 1. The molecule has 0 fully saturated rings. The molecule has 0 saturated carbocycles. The maximum Gasteiger partial charge on any atom is 0.307 e. The molecule has 0 saturated heterocycles. The fourth-order valence-electron chi connectivity index (χ4n) is 2.00. The molecular weight excluding hydrogens is 374 g/mol. The van der Waals surface area contributed by atoms with E-state index in [2.05, 4.69) is 5.32 Å². The predicted octanol–water partition coefficient (Wildman–Crippen LogP) is 3.69. The number of amides is 1. The van der Waals surface area contributed by atoms with E-state index in [4.69, 9.17) is 21.1 Å². The molecule has 138 valence electrons. The van der Waals surface area contributed by atoms with E-state index in [1.54, 1.807) is 19.2 Å². The van der Waals surface area contributed by atoms with Crippen LogP contribution in [-0.4, -0.2) is 31.3 Å². The highest BCUT2D eigenvalue weighted by Gasteiger charge is 2.08. The van der Waals surface area contributed by atoms with Crippen molar-refractivity contribution in [1.82, 2.24) is 5.32 Å². The second kappa shape index (κ2) is 10.7. The maximum absolute atomic E-state index is 11.7. The Bertz CT molecular complexity index is 719. The molecule has 0 aliphatic rings. The topological polar surface area (TPSA) is 64.6 Å². The molecule has 0 spiro atoms. The second-order valence-electron chi connectivity index (χ2n) is 5.34. The van der Waals surface area contributed by atoms with E-state index < -0.39 is 5.97 Å². The standard InChI is InChI=1S/C19H20ClNO4S/c1-24-16-6-2-14(3-7-16)12-21-18(22)13-25-19(23)10-11-26-17-8-4-15(20)5-9-17/h2-9H,10-13H2,1H3,(H,21,22). The second-order valence-corrected chi connectivity index (χ2v) is 6.94. The predicted molar refractivity (Wildman–Crippen MR) is 103 cm³/mol. The summed E-state index contributed by atoms with van der Waals surface area (Å²) in [6.45, 7) is 0.0907. The summed E-state index contributed by atoms with van der Waals surface area (Å²) in [4.78, 5) is 24.5. The number of benzene rings is 2. The van der Waals surface area contributed by atoms with Crippen molar-refractivity contribution in [2.75, 3.05) is 19.5 Å². The average molecular weight is 394 g/mol. The number of carbonyl (C=O) groups is 2. The molecule has 0 bridgehead atoms. The van der Waals surface area contributed by atoms with Gasteiger partial charge in [-0.3, -0.25) is 9.59 Å². The highest BCUT2D eigenvalue weighted by atomic mass is 35.5. The van der Waals surface area contributed by atoms with Gasteiger partial charge in [-0.2, -0.15) is 0 Å². The van der Waals surface area contributed by atoms with Crippen molar-refractivity contribution >= 4 is 35.2 Å². The molecule has 0 radical (unpaired) electrons. The number of methoxy groups -OCH3 is 1. The van der Waals surface area contributed by atoms with E-state index in [-0.39, 0.29) is 18.9 Å². The number of halogens is 1. The summed E-state index contributed by atoms with van der Waals surface area (Å²) in [5, 5.41) is 3.38. The molecule has 7 heteroatoms. The fourth-order valence-corrected chi connectivity index (χ4v) is 2.96. The summed E-state index contributed by atoms with van der Waals surface area (Å²) in [6, 6.07) is 14.7. The number of thioether (sulfide) groups is 1. The van der Waals surface area contributed by atoms with Gasteiger partial charge in [0, 0.05) is 22.2 Å². The van der Waals surface area contributed by atoms with Crippen LogP contribution in [0.1, 0.15) is 12.0 Å². The molecule has 26 heavy (non-hydrogen) atoms. The molecule has 1 amide bonds. The normalized spacial score (nSPS) is 10.2. The lowest BCUT2D eigenvalue weighted by Gasteiger charge is -2.07. The summed E-state index contributed by atoms with van der Waals surface area (Å²) in [7, 11) is 1.60. The van der Waals surface area contributed by atoms with Gasteiger partial charge >= 0.3 is 5.97 Å². The van der Waals surface area contributed by atoms with Crippen molar-refractivity contribution in [2.45, 2.75) is 17.9 Å². The first kappa shape index (κ1) is 20.1. The van der Waals surface area contributed by atoms with E-state index in [0.717, 1.165) is 16.2 Å². The van der Waals surface area contributed by atoms with Gasteiger partial charge in [-0.15, -0.1) is 11.8 Å². The van der Waals surface area contributed by atoms with Gasteiger partial charge in [0.15, 0.2) is 6.61 Å². The Kier molecular flexibility index (Phi) is 8.31. The summed E-state index contributed by atoms with van der Waals surface area (Å²) < 4.78 is 10.1. The van der Waals surface area contributed by atoms with Crippen molar-refractivity contribution < 1.29 is 19.1 Å². The van der Waals surface area contributed by atoms with E-state index in [1.165, 1.54) is 11.8 Å². The molecule has 0 aromatic heterocycles. The molecule has 0 aliphatic carbocycles. The van der Waals surface area contributed by atoms with E-state index >= 15 is 0 Å². The Morgan fingerprint density at radius 3 is 2.42 bits per heavy atom. The first-order chi connectivity index (χ1) is 12.6.